The normalized spacial score (nSPS) is 14.0. The molecular weight excluding hydrogens is 387 g/mol. The van der Waals surface area contributed by atoms with Crippen LogP contribution in [0.25, 0.3) is 17.0 Å². The van der Waals surface area contributed by atoms with Crippen molar-refractivity contribution in [3.63, 3.8) is 0 Å². The van der Waals surface area contributed by atoms with Crippen LogP contribution >= 0.6 is 0 Å². The number of fused-ring (bicyclic) bond motifs is 2. The van der Waals surface area contributed by atoms with Crippen LogP contribution in [-0.4, -0.2) is 12.8 Å². The molecule has 0 fully saturated rings. The standard InChI is InChI=1S/C14H19FO.C14H16O/c1-10(2)8-13(15)9-12-5-3-4-11-6-7-16-14(11)12;1-11(2)5-3-6-12-7-4-8-13-9-10-15-14(12)13/h3-5,10,13H,6-9H2,1-2H3;3-4,6-11H,5H2,1-2H3/b;6-3+. The molecule has 1 aromatic heterocycles. The van der Waals surface area contributed by atoms with Crippen molar-refractivity contribution in [1.29, 1.82) is 0 Å². The van der Waals surface area contributed by atoms with Gasteiger partial charge in [0, 0.05) is 23.8 Å². The predicted molar refractivity (Wildman–Crippen MR) is 128 cm³/mol. The van der Waals surface area contributed by atoms with Crippen molar-refractivity contribution >= 4 is 17.0 Å². The SMILES string of the molecule is CC(C)C/C=C/c1cccc2ccoc12.CC(C)CC(F)Cc1cccc2c1OCC2. The summed E-state index contributed by atoms with van der Waals surface area (Å²) in [6.45, 7) is 9.29. The molecule has 3 heteroatoms. The zero-order valence-corrected chi connectivity index (χ0v) is 19.2. The summed E-state index contributed by atoms with van der Waals surface area (Å²) in [5.74, 6) is 2.05. The van der Waals surface area contributed by atoms with Gasteiger partial charge in [0.05, 0.1) is 12.9 Å². The van der Waals surface area contributed by atoms with E-state index in [9.17, 15) is 4.39 Å². The smallest absolute Gasteiger partial charge is 0.141 e. The van der Waals surface area contributed by atoms with Crippen molar-refractivity contribution in [3.8, 4) is 5.75 Å². The van der Waals surface area contributed by atoms with E-state index in [0.29, 0.717) is 24.7 Å². The van der Waals surface area contributed by atoms with Gasteiger partial charge >= 0.3 is 0 Å². The number of para-hydroxylation sites is 2. The van der Waals surface area contributed by atoms with E-state index >= 15 is 0 Å². The molecule has 2 nitrogen and oxygen atoms in total. The molecule has 2 aromatic carbocycles. The second kappa shape index (κ2) is 11.2. The molecule has 1 atom stereocenters. The molecule has 31 heavy (non-hydrogen) atoms. The van der Waals surface area contributed by atoms with Crippen molar-refractivity contribution in [2.24, 2.45) is 11.8 Å². The van der Waals surface area contributed by atoms with Gasteiger partial charge in [-0.05, 0) is 41.9 Å². The Balaban J connectivity index is 0.000000176. The molecule has 1 unspecified atom stereocenters. The third kappa shape index (κ3) is 6.72. The van der Waals surface area contributed by atoms with Crippen LogP contribution in [0, 0.1) is 11.8 Å². The van der Waals surface area contributed by atoms with E-state index in [1.165, 1.54) is 10.9 Å². The Morgan fingerprint density at radius 3 is 2.58 bits per heavy atom. The third-order valence-corrected chi connectivity index (χ3v) is 5.38. The van der Waals surface area contributed by atoms with Crippen LogP contribution in [0.1, 0.15) is 57.2 Å². The van der Waals surface area contributed by atoms with Gasteiger partial charge in [0.2, 0.25) is 0 Å². The summed E-state index contributed by atoms with van der Waals surface area (Å²) in [6, 6.07) is 14.3. The minimum Gasteiger partial charge on any atom is -0.493 e. The number of furan rings is 1. The molecule has 0 radical (unpaired) electrons. The van der Waals surface area contributed by atoms with E-state index in [1.54, 1.807) is 6.26 Å². The van der Waals surface area contributed by atoms with Crippen molar-refractivity contribution in [2.75, 3.05) is 6.61 Å². The fourth-order valence-electron chi connectivity index (χ4n) is 3.89. The Bertz CT molecular complexity index is 984. The molecule has 0 saturated heterocycles. The molecule has 0 saturated carbocycles. The molecule has 0 N–H and O–H groups in total. The molecule has 0 aliphatic carbocycles. The zero-order valence-electron chi connectivity index (χ0n) is 19.2. The Kier molecular flexibility index (Phi) is 8.34. The van der Waals surface area contributed by atoms with Crippen molar-refractivity contribution < 1.29 is 13.5 Å². The van der Waals surface area contributed by atoms with Gasteiger partial charge in [0.15, 0.2) is 0 Å². The first-order valence-corrected chi connectivity index (χ1v) is 11.4. The lowest BCUT2D eigenvalue weighted by molar-refractivity contribution is 0.277. The second-order valence-electron chi connectivity index (χ2n) is 9.15. The summed E-state index contributed by atoms with van der Waals surface area (Å²) in [4.78, 5) is 0. The lowest BCUT2D eigenvalue weighted by atomic mass is 9.98. The topological polar surface area (TPSA) is 22.4 Å². The Morgan fingerprint density at radius 2 is 1.81 bits per heavy atom. The molecule has 0 spiro atoms. The Hall–Kier alpha value is -2.55. The first-order valence-electron chi connectivity index (χ1n) is 11.4. The molecule has 0 amide bonds. The lowest BCUT2D eigenvalue weighted by Crippen LogP contribution is -2.09. The van der Waals surface area contributed by atoms with Gasteiger partial charge in [0.25, 0.3) is 0 Å². The van der Waals surface area contributed by atoms with Gasteiger partial charge in [-0.25, -0.2) is 4.39 Å². The summed E-state index contributed by atoms with van der Waals surface area (Å²) < 4.78 is 24.8. The maximum Gasteiger partial charge on any atom is 0.141 e. The highest BCUT2D eigenvalue weighted by atomic mass is 19.1. The summed E-state index contributed by atoms with van der Waals surface area (Å²) in [6.07, 6.45) is 8.53. The average molecular weight is 423 g/mol. The molecule has 166 valence electrons. The highest BCUT2D eigenvalue weighted by Crippen LogP contribution is 2.31. The average Bonchev–Trinajstić information content (AvgIpc) is 3.38. The molecule has 1 aliphatic rings. The minimum atomic E-state index is -0.754. The lowest BCUT2D eigenvalue weighted by Gasteiger charge is -2.13. The number of halogens is 1. The van der Waals surface area contributed by atoms with Crippen LogP contribution in [0.4, 0.5) is 4.39 Å². The van der Waals surface area contributed by atoms with E-state index in [1.807, 2.05) is 18.2 Å². The molecule has 2 heterocycles. The molecule has 1 aliphatic heterocycles. The summed E-state index contributed by atoms with van der Waals surface area (Å²) >= 11 is 0. The molecular formula is C28H35FO2. The maximum atomic E-state index is 13.8. The second-order valence-corrected chi connectivity index (χ2v) is 9.15. The zero-order chi connectivity index (χ0) is 22.2. The monoisotopic (exact) mass is 422 g/mol. The summed E-state index contributed by atoms with van der Waals surface area (Å²) in [5.41, 5.74) is 4.41. The van der Waals surface area contributed by atoms with Crippen LogP contribution in [-0.2, 0) is 12.8 Å². The van der Waals surface area contributed by atoms with E-state index in [4.69, 9.17) is 9.15 Å². The Morgan fingerprint density at radius 1 is 1.00 bits per heavy atom. The van der Waals surface area contributed by atoms with E-state index < -0.39 is 6.17 Å². The van der Waals surface area contributed by atoms with Gasteiger partial charge in [-0.2, -0.15) is 0 Å². The van der Waals surface area contributed by atoms with Gasteiger partial charge in [-0.3, -0.25) is 0 Å². The summed E-state index contributed by atoms with van der Waals surface area (Å²) in [5, 5.41) is 1.17. The van der Waals surface area contributed by atoms with Crippen LogP contribution in [0.5, 0.6) is 5.75 Å². The number of alkyl halides is 1. The molecule has 0 bridgehead atoms. The predicted octanol–water partition coefficient (Wildman–Crippen LogP) is 8.04. The highest BCUT2D eigenvalue weighted by Gasteiger charge is 2.19. The maximum absolute atomic E-state index is 13.8. The van der Waals surface area contributed by atoms with Crippen molar-refractivity contribution in [2.45, 2.75) is 59.5 Å². The number of hydrogen-bond acceptors (Lipinski definition) is 2. The van der Waals surface area contributed by atoms with Crippen LogP contribution in [0.15, 0.2) is 59.2 Å². The Labute approximate surface area is 186 Å². The fraction of sp³-hybridized carbons (Fsp3) is 0.429. The number of rotatable bonds is 7. The minimum absolute atomic E-state index is 0.410. The number of hydrogen-bond donors (Lipinski definition) is 0. The van der Waals surface area contributed by atoms with E-state index in [0.717, 1.165) is 41.9 Å². The van der Waals surface area contributed by atoms with Gasteiger partial charge in [-0.1, -0.05) is 76.2 Å². The first kappa shape index (κ1) is 23.1. The van der Waals surface area contributed by atoms with Crippen LogP contribution < -0.4 is 4.74 Å². The van der Waals surface area contributed by atoms with Gasteiger partial charge < -0.3 is 9.15 Å². The van der Waals surface area contributed by atoms with Gasteiger partial charge in [-0.15, -0.1) is 0 Å². The number of ether oxygens (including phenoxy) is 1. The molecule has 3 aromatic rings. The van der Waals surface area contributed by atoms with E-state index in [2.05, 4.69) is 64.1 Å². The van der Waals surface area contributed by atoms with E-state index in [-0.39, 0.29) is 0 Å². The van der Waals surface area contributed by atoms with Crippen molar-refractivity contribution in [3.05, 3.63) is 71.5 Å². The quantitative estimate of drug-likeness (QED) is 0.384. The number of allylic oxidation sites excluding steroid dienone is 1. The first-order chi connectivity index (χ1) is 14.9. The fourth-order valence-corrected chi connectivity index (χ4v) is 3.89. The van der Waals surface area contributed by atoms with Crippen molar-refractivity contribution in [1.82, 2.24) is 0 Å². The molecule has 4 rings (SSSR count). The van der Waals surface area contributed by atoms with Crippen LogP contribution in [0.3, 0.4) is 0 Å². The van der Waals surface area contributed by atoms with Gasteiger partial charge in [0.1, 0.15) is 17.5 Å². The third-order valence-electron chi connectivity index (χ3n) is 5.38. The summed E-state index contributed by atoms with van der Waals surface area (Å²) in [7, 11) is 0. The number of benzene rings is 2. The van der Waals surface area contributed by atoms with Crippen LogP contribution in [0.2, 0.25) is 0 Å². The largest absolute Gasteiger partial charge is 0.493 e. The highest BCUT2D eigenvalue weighted by molar-refractivity contribution is 5.85.